The van der Waals surface area contributed by atoms with E-state index in [1.54, 1.807) is 16.3 Å². The Hall–Kier alpha value is -2.82. The highest BCUT2D eigenvalue weighted by Crippen LogP contribution is 2.31. The molecule has 0 aliphatic heterocycles. The second-order valence-corrected chi connectivity index (χ2v) is 8.58. The number of rotatable bonds is 6. The van der Waals surface area contributed by atoms with Crippen molar-refractivity contribution in [1.82, 2.24) is 34.6 Å². The Labute approximate surface area is 174 Å². The summed E-state index contributed by atoms with van der Waals surface area (Å²) in [5.74, 6) is 0. The van der Waals surface area contributed by atoms with Crippen molar-refractivity contribution in [1.29, 1.82) is 0 Å². The van der Waals surface area contributed by atoms with Gasteiger partial charge in [0, 0.05) is 54.4 Å². The van der Waals surface area contributed by atoms with Crippen molar-refractivity contribution in [2.24, 2.45) is 7.05 Å². The molecule has 0 unspecified atom stereocenters. The van der Waals surface area contributed by atoms with E-state index < -0.39 is 0 Å². The molecule has 146 valence electrons. The van der Waals surface area contributed by atoms with Gasteiger partial charge in [0.15, 0.2) is 0 Å². The van der Waals surface area contributed by atoms with Crippen molar-refractivity contribution in [3.8, 4) is 11.1 Å². The number of nitrogens with zero attached hydrogens (tertiary/aromatic N) is 7. The third-order valence-electron chi connectivity index (χ3n) is 4.42. The monoisotopic (exact) mass is 423 g/mol. The van der Waals surface area contributed by atoms with Gasteiger partial charge in [-0.15, -0.1) is 10.2 Å². The zero-order valence-electron chi connectivity index (χ0n) is 15.8. The van der Waals surface area contributed by atoms with Gasteiger partial charge in [-0.25, -0.2) is 0 Å². The molecule has 4 aromatic heterocycles. The summed E-state index contributed by atoms with van der Waals surface area (Å²) in [6.07, 6.45) is 6.48. The topological polar surface area (TPSA) is 83.0 Å². The van der Waals surface area contributed by atoms with E-state index in [9.17, 15) is 0 Å². The van der Waals surface area contributed by atoms with Crippen LogP contribution in [0.15, 0.2) is 52.9 Å². The molecule has 0 bridgehead atoms. The first-order valence-electron chi connectivity index (χ1n) is 8.96. The zero-order chi connectivity index (χ0) is 19.8. The van der Waals surface area contributed by atoms with Crippen LogP contribution in [0.25, 0.3) is 27.0 Å². The van der Waals surface area contributed by atoms with Crippen molar-refractivity contribution >= 4 is 39.0 Å². The van der Waals surface area contributed by atoms with Gasteiger partial charge in [-0.3, -0.25) is 9.67 Å². The molecule has 0 amide bonds. The van der Waals surface area contributed by atoms with Crippen LogP contribution < -0.4 is 0 Å². The van der Waals surface area contributed by atoms with Crippen LogP contribution in [0.1, 0.15) is 5.01 Å². The summed E-state index contributed by atoms with van der Waals surface area (Å²) in [5, 5.41) is 20.2. The Morgan fingerprint density at radius 3 is 2.90 bits per heavy atom. The van der Waals surface area contributed by atoms with Crippen molar-refractivity contribution in [3.63, 3.8) is 0 Å². The Kier molecular flexibility index (Phi) is 4.74. The van der Waals surface area contributed by atoms with Gasteiger partial charge < -0.3 is 4.74 Å². The molecule has 10 heteroatoms. The van der Waals surface area contributed by atoms with Crippen LogP contribution in [0.3, 0.4) is 0 Å². The zero-order valence-corrected chi connectivity index (χ0v) is 17.4. The van der Waals surface area contributed by atoms with Gasteiger partial charge in [0.1, 0.15) is 5.01 Å². The molecule has 0 saturated heterocycles. The van der Waals surface area contributed by atoms with Crippen LogP contribution in [0.2, 0.25) is 0 Å². The summed E-state index contributed by atoms with van der Waals surface area (Å²) in [4.78, 5) is 6.44. The van der Waals surface area contributed by atoms with Gasteiger partial charge in [0.05, 0.1) is 18.3 Å². The molecule has 0 aliphatic rings. The highest BCUT2D eigenvalue weighted by molar-refractivity contribution is 7.99. The summed E-state index contributed by atoms with van der Waals surface area (Å²) in [5.41, 5.74) is 3.04. The summed E-state index contributed by atoms with van der Waals surface area (Å²) in [7, 11) is 3.60. The fourth-order valence-electron chi connectivity index (χ4n) is 3.00. The first-order valence-corrected chi connectivity index (χ1v) is 10.6. The molecule has 0 spiro atoms. The molecule has 0 N–H and O–H groups in total. The standard InChI is InChI=1S/C19H17N7OS2/c1-25-11-14(10-21-25)13-7-12-8-15(3-4-16(12)20-9-13)28-18-22-23-19-26(18)24-17(29-19)5-6-27-2/h3-4,7-11H,5-6H2,1-2H3. The molecule has 0 fully saturated rings. The summed E-state index contributed by atoms with van der Waals surface area (Å²) in [6.45, 7) is 0.642. The van der Waals surface area contributed by atoms with Gasteiger partial charge in [-0.05, 0) is 36.0 Å². The molecule has 4 heterocycles. The molecular formula is C19H17N7OS2. The average molecular weight is 424 g/mol. The number of methoxy groups -OCH3 is 1. The van der Waals surface area contributed by atoms with E-state index in [0.29, 0.717) is 6.61 Å². The van der Waals surface area contributed by atoms with Gasteiger partial charge in [-0.2, -0.15) is 14.7 Å². The normalized spacial score (nSPS) is 11.7. The smallest absolute Gasteiger partial charge is 0.235 e. The lowest BCUT2D eigenvalue weighted by Gasteiger charge is -2.04. The lowest BCUT2D eigenvalue weighted by atomic mass is 10.1. The number of pyridine rings is 1. The van der Waals surface area contributed by atoms with Crippen LogP contribution in [-0.2, 0) is 18.2 Å². The molecule has 5 aromatic rings. The number of hydrogen-bond donors (Lipinski definition) is 0. The van der Waals surface area contributed by atoms with Crippen molar-refractivity contribution in [2.45, 2.75) is 16.5 Å². The summed E-state index contributed by atoms with van der Waals surface area (Å²) in [6, 6.07) is 8.32. The summed E-state index contributed by atoms with van der Waals surface area (Å²) >= 11 is 3.08. The van der Waals surface area contributed by atoms with E-state index in [4.69, 9.17) is 4.74 Å². The number of aromatic nitrogens is 7. The maximum absolute atomic E-state index is 5.13. The van der Waals surface area contributed by atoms with Crippen LogP contribution in [-0.4, -0.2) is 48.3 Å². The molecule has 29 heavy (non-hydrogen) atoms. The second-order valence-electron chi connectivity index (χ2n) is 6.50. The quantitative estimate of drug-likeness (QED) is 0.413. The fraction of sp³-hybridized carbons (Fsp3) is 0.211. The molecule has 0 aliphatic carbocycles. The molecular weight excluding hydrogens is 406 g/mol. The number of benzene rings is 1. The maximum atomic E-state index is 5.13. The predicted molar refractivity (Wildman–Crippen MR) is 112 cm³/mol. The number of hydrogen-bond acceptors (Lipinski definition) is 8. The molecule has 0 atom stereocenters. The number of ether oxygens (including phenoxy) is 1. The van der Waals surface area contributed by atoms with Gasteiger partial charge in [-0.1, -0.05) is 11.3 Å². The van der Waals surface area contributed by atoms with Crippen molar-refractivity contribution < 1.29 is 4.74 Å². The van der Waals surface area contributed by atoms with Crippen LogP contribution in [0.5, 0.6) is 0 Å². The molecule has 1 aromatic carbocycles. The highest BCUT2D eigenvalue weighted by atomic mass is 32.2. The Morgan fingerprint density at radius 2 is 2.07 bits per heavy atom. The third kappa shape index (κ3) is 3.61. The minimum absolute atomic E-state index is 0.642. The first-order chi connectivity index (χ1) is 14.2. The predicted octanol–water partition coefficient (Wildman–Crippen LogP) is 3.47. The van der Waals surface area contributed by atoms with Crippen LogP contribution in [0.4, 0.5) is 0 Å². The molecule has 0 radical (unpaired) electrons. The van der Waals surface area contributed by atoms with Crippen LogP contribution >= 0.6 is 23.1 Å². The Morgan fingerprint density at radius 1 is 1.14 bits per heavy atom. The Balaban J connectivity index is 1.45. The number of aryl methyl sites for hydroxylation is 1. The SMILES string of the molecule is COCCc1nn2c(Sc3ccc4ncc(-c5cnn(C)c5)cc4c3)nnc2s1. The van der Waals surface area contributed by atoms with Gasteiger partial charge >= 0.3 is 0 Å². The van der Waals surface area contributed by atoms with Gasteiger partial charge in [0.2, 0.25) is 10.1 Å². The fourth-order valence-corrected chi connectivity index (χ4v) is 4.70. The maximum Gasteiger partial charge on any atom is 0.235 e. The molecule has 8 nitrogen and oxygen atoms in total. The number of fused-ring (bicyclic) bond motifs is 2. The minimum atomic E-state index is 0.642. The minimum Gasteiger partial charge on any atom is -0.384 e. The average Bonchev–Trinajstić information content (AvgIpc) is 3.43. The second kappa shape index (κ2) is 7.54. The highest BCUT2D eigenvalue weighted by Gasteiger charge is 2.13. The first kappa shape index (κ1) is 18.2. The molecule has 0 saturated carbocycles. The van der Waals surface area contributed by atoms with Crippen LogP contribution in [0, 0.1) is 0 Å². The van der Waals surface area contributed by atoms with E-state index in [1.165, 1.54) is 23.1 Å². The van der Waals surface area contributed by atoms with Crippen molar-refractivity contribution in [3.05, 3.63) is 47.9 Å². The van der Waals surface area contributed by atoms with E-state index in [2.05, 4.69) is 37.5 Å². The largest absolute Gasteiger partial charge is 0.384 e. The Bertz CT molecular complexity index is 1310. The third-order valence-corrected chi connectivity index (χ3v) is 6.31. The van der Waals surface area contributed by atoms with Gasteiger partial charge in [0.25, 0.3) is 0 Å². The van der Waals surface area contributed by atoms with Crippen molar-refractivity contribution in [2.75, 3.05) is 13.7 Å². The van der Waals surface area contributed by atoms with E-state index in [-0.39, 0.29) is 0 Å². The van der Waals surface area contributed by atoms with E-state index in [1.807, 2.05) is 37.8 Å². The van der Waals surface area contributed by atoms with E-state index in [0.717, 1.165) is 48.5 Å². The lowest BCUT2D eigenvalue weighted by Crippen LogP contribution is -1.96. The molecule has 5 rings (SSSR count). The van der Waals surface area contributed by atoms with E-state index >= 15 is 0 Å². The summed E-state index contributed by atoms with van der Waals surface area (Å²) < 4.78 is 8.72. The lowest BCUT2D eigenvalue weighted by molar-refractivity contribution is 0.202.